The van der Waals surface area contributed by atoms with Crippen molar-refractivity contribution in [2.24, 2.45) is 11.7 Å². The average Bonchev–Trinajstić information content (AvgIpc) is 2.99. The lowest BCUT2D eigenvalue weighted by Gasteiger charge is -2.14. The van der Waals surface area contributed by atoms with Gasteiger partial charge in [0.1, 0.15) is 0 Å². The zero-order chi connectivity index (χ0) is 9.10. The van der Waals surface area contributed by atoms with Gasteiger partial charge in [-0.1, -0.05) is 43.2 Å². The Balaban J connectivity index is 2.02. The molecule has 1 aliphatic rings. The minimum atomic E-state index is 0.591. The number of hydrogen-bond donors (Lipinski definition) is 1. The van der Waals surface area contributed by atoms with Crippen LogP contribution in [0.2, 0.25) is 0 Å². The Kier molecular flexibility index (Phi) is 2.65. The molecule has 1 aromatic rings. The molecule has 1 atom stereocenters. The summed E-state index contributed by atoms with van der Waals surface area (Å²) in [5, 5.41) is 0. The molecule has 0 amide bonds. The molecule has 0 saturated heterocycles. The Hall–Kier alpha value is -0.820. The number of rotatable bonds is 4. The first-order valence-electron chi connectivity index (χ1n) is 5.15. The Bertz CT molecular complexity index is 251. The maximum Gasteiger partial charge on any atom is -0.000813 e. The predicted molar refractivity (Wildman–Crippen MR) is 55.6 cm³/mol. The minimum Gasteiger partial charge on any atom is -0.330 e. The van der Waals surface area contributed by atoms with Crippen LogP contribution >= 0.6 is 0 Å². The van der Waals surface area contributed by atoms with Gasteiger partial charge < -0.3 is 5.73 Å². The summed E-state index contributed by atoms with van der Waals surface area (Å²) in [4.78, 5) is 0. The van der Waals surface area contributed by atoms with Crippen LogP contribution in [0.3, 0.4) is 0 Å². The first-order chi connectivity index (χ1) is 6.40. The van der Waals surface area contributed by atoms with Crippen molar-refractivity contribution in [3.8, 4) is 0 Å². The van der Waals surface area contributed by atoms with Crippen LogP contribution in [0.4, 0.5) is 0 Å². The Morgan fingerprint density at radius 3 is 2.46 bits per heavy atom. The molecule has 0 radical (unpaired) electrons. The molecule has 1 aromatic carbocycles. The molecule has 0 aromatic heterocycles. The van der Waals surface area contributed by atoms with Gasteiger partial charge in [0.05, 0.1) is 0 Å². The molecule has 1 saturated carbocycles. The second kappa shape index (κ2) is 3.93. The van der Waals surface area contributed by atoms with E-state index >= 15 is 0 Å². The summed E-state index contributed by atoms with van der Waals surface area (Å²) in [6, 6.07) is 10.7. The van der Waals surface area contributed by atoms with Gasteiger partial charge >= 0.3 is 0 Å². The number of nitrogens with two attached hydrogens (primary N) is 1. The van der Waals surface area contributed by atoms with Gasteiger partial charge in [-0.2, -0.15) is 0 Å². The molecule has 0 aliphatic heterocycles. The number of hydrogen-bond acceptors (Lipinski definition) is 1. The molecule has 0 heterocycles. The molecule has 13 heavy (non-hydrogen) atoms. The highest BCUT2D eigenvalue weighted by atomic mass is 14.6. The lowest BCUT2D eigenvalue weighted by molar-refractivity contribution is 0.585. The summed E-state index contributed by atoms with van der Waals surface area (Å²) < 4.78 is 0. The van der Waals surface area contributed by atoms with E-state index in [-0.39, 0.29) is 0 Å². The van der Waals surface area contributed by atoms with Crippen LogP contribution in [-0.4, -0.2) is 6.54 Å². The van der Waals surface area contributed by atoms with Gasteiger partial charge in [-0.15, -0.1) is 0 Å². The first kappa shape index (κ1) is 8.76. The van der Waals surface area contributed by atoms with E-state index in [2.05, 4.69) is 30.3 Å². The van der Waals surface area contributed by atoms with Crippen molar-refractivity contribution in [1.29, 1.82) is 0 Å². The van der Waals surface area contributed by atoms with E-state index in [0.717, 1.165) is 12.5 Å². The van der Waals surface area contributed by atoms with Gasteiger partial charge in [-0.05, 0) is 30.4 Å². The van der Waals surface area contributed by atoms with Gasteiger partial charge in [-0.25, -0.2) is 0 Å². The average molecular weight is 175 g/mol. The molecule has 0 spiro atoms. The van der Waals surface area contributed by atoms with E-state index in [0.29, 0.717) is 5.92 Å². The fourth-order valence-corrected chi connectivity index (χ4v) is 1.85. The Labute approximate surface area is 80.0 Å². The van der Waals surface area contributed by atoms with E-state index in [4.69, 9.17) is 5.73 Å². The highest BCUT2D eigenvalue weighted by Crippen LogP contribution is 2.38. The molecule has 1 aliphatic carbocycles. The second-order valence-corrected chi connectivity index (χ2v) is 4.02. The molecule has 1 fully saturated rings. The summed E-state index contributed by atoms with van der Waals surface area (Å²) in [5.74, 6) is 1.56. The molecule has 0 unspecified atom stereocenters. The van der Waals surface area contributed by atoms with E-state index in [1.165, 1.54) is 24.8 Å². The van der Waals surface area contributed by atoms with Crippen LogP contribution in [0.5, 0.6) is 0 Å². The van der Waals surface area contributed by atoms with Crippen molar-refractivity contribution in [2.75, 3.05) is 6.54 Å². The van der Waals surface area contributed by atoms with Gasteiger partial charge in [0.25, 0.3) is 0 Å². The fraction of sp³-hybridized carbons (Fsp3) is 0.500. The smallest absolute Gasteiger partial charge is 0.000813 e. The highest BCUT2D eigenvalue weighted by molar-refractivity contribution is 5.20. The maximum atomic E-state index is 5.78. The molecular formula is C12H17N. The van der Waals surface area contributed by atoms with E-state index < -0.39 is 0 Å². The third-order valence-corrected chi connectivity index (χ3v) is 2.87. The maximum absolute atomic E-state index is 5.78. The second-order valence-electron chi connectivity index (χ2n) is 4.02. The summed E-state index contributed by atoms with van der Waals surface area (Å²) in [7, 11) is 0. The molecule has 1 nitrogen and oxygen atoms in total. The van der Waals surface area contributed by atoms with Crippen molar-refractivity contribution in [3.63, 3.8) is 0 Å². The Morgan fingerprint density at radius 2 is 1.92 bits per heavy atom. The third kappa shape index (κ3) is 2.31. The molecule has 1 heteroatoms. The largest absolute Gasteiger partial charge is 0.330 e. The lowest BCUT2D eigenvalue weighted by atomic mass is 9.94. The van der Waals surface area contributed by atoms with E-state index in [1.54, 1.807) is 0 Å². The molecular weight excluding hydrogens is 158 g/mol. The van der Waals surface area contributed by atoms with Crippen LogP contribution in [0.25, 0.3) is 0 Å². The van der Waals surface area contributed by atoms with Crippen molar-refractivity contribution >= 4 is 0 Å². The van der Waals surface area contributed by atoms with E-state index in [9.17, 15) is 0 Å². The van der Waals surface area contributed by atoms with Gasteiger partial charge in [0.15, 0.2) is 0 Å². The third-order valence-electron chi connectivity index (χ3n) is 2.87. The summed E-state index contributed by atoms with van der Waals surface area (Å²) in [6.07, 6.45) is 4.13. The molecule has 2 rings (SSSR count). The van der Waals surface area contributed by atoms with Gasteiger partial charge in [-0.3, -0.25) is 0 Å². The highest BCUT2D eigenvalue weighted by Gasteiger charge is 2.25. The van der Waals surface area contributed by atoms with Crippen molar-refractivity contribution in [2.45, 2.75) is 25.2 Å². The van der Waals surface area contributed by atoms with Crippen LogP contribution < -0.4 is 5.73 Å². The van der Waals surface area contributed by atoms with E-state index in [1.807, 2.05) is 0 Å². The summed E-state index contributed by atoms with van der Waals surface area (Å²) in [6.45, 7) is 0.792. The zero-order valence-electron chi connectivity index (χ0n) is 7.95. The number of benzene rings is 1. The standard InChI is InChI=1S/C12H17N/c13-9-12(8-10-6-7-10)11-4-2-1-3-5-11/h1-5,10,12H,6-9,13H2/t12-/m0/s1. The van der Waals surface area contributed by atoms with Gasteiger partial charge in [0.2, 0.25) is 0 Å². The fourth-order valence-electron chi connectivity index (χ4n) is 1.85. The van der Waals surface area contributed by atoms with Crippen molar-refractivity contribution < 1.29 is 0 Å². The Morgan fingerprint density at radius 1 is 1.23 bits per heavy atom. The molecule has 0 bridgehead atoms. The SMILES string of the molecule is NC[C@H](CC1CC1)c1ccccc1. The van der Waals surface area contributed by atoms with Crippen molar-refractivity contribution in [3.05, 3.63) is 35.9 Å². The van der Waals surface area contributed by atoms with Crippen molar-refractivity contribution in [1.82, 2.24) is 0 Å². The summed E-state index contributed by atoms with van der Waals surface area (Å²) in [5.41, 5.74) is 7.19. The monoisotopic (exact) mass is 175 g/mol. The first-order valence-corrected chi connectivity index (χ1v) is 5.15. The van der Waals surface area contributed by atoms with Crippen LogP contribution in [0.15, 0.2) is 30.3 Å². The lowest BCUT2D eigenvalue weighted by Crippen LogP contribution is -2.12. The van der Waals surface area contributed by atoms with Crippen LogP contribution in [0, 0.1) is 5.92 Å². The molecule has 2 N–H and O–H groups in total. The van der Waals surface area contributed by atoms with Crippen LogP contribution in [0.1, 0.15) is 30.7 Å². The topological polar surface area (TPSA) is 26.0 Å². The normalized spacial score (nSPS) is 18.5. The van der Waals surface area contributed by atoms with Crippen LogP contribution in [-0.2, 0) is 0 Å². The molecule has 70 valence electrons. The van der Waals surface area contributed by atoms with Gasteiger partial charge in [0, 0.05) is 0 Å². The zero-order valence-corrected chi connectivity index (χ0v) is 7.95. The predicted octanol–water partition coefficient (Wildman–Crippen LogP) is 2.53. The summed E-state index contributed by atoms with van der Waals surface area (Å²) >= 11 is 0. The quantitative estimate of drug-likeness (QED) is 0.747. The minimum absolute atomic E-state index is 0.591.